The second-order valence-electron chi connectivity index (χ2n) is 5.43. The molecule has 0 atom stereocenters. The Labute approximate surface area is 127 Å². The Hall–Kier alpha value is -2.63. The van der Waals surface area contributed by atoms with Crippen LogP contribution in [0.5, 0.6) is 0 Å². The molecule has 1 aliphatic rings. The number of carbonyl (C=O) groups is 2. The number of oxazole rings is 1. The lowest BCUT2D eigenvalue weighted by molar-refractivity contribution is -0.137. The lowest BCUT2D eigenvalue weighted by Crippen LogP contribution is -2.32. The number of hydrogen-bond donors (Lipinski definition) is 1. The van der Waals surface area contributed by atoms with E-state index >= 15 is 0 Å². The highest BCUT2D eigenvalue weighted by Gasteiger charge is 2.35. The minimum Gasteiger partial charge on any atom is -0.480 e. The summed E-state index contributed by atoms with van der Waals surface area (Å²) in [5.41, 5.74) is 1.02. The molecular formula is C16H16N2O4. The molecule has 3 rings (SSSR count). The fourth-order valence-corrected chi connectivity index (χ4v) is 2.27. The highest BCUT2D eigenvalue weighted by molar-refractivity contribution is 5.95. The predicted molar refractivity (Wildman–Crippen MR) is 78.5 cm³/mol. The van der Waals surface area contributed by atoms with Crippen LogP contribution in [0.15, 0.2) is 34.7 Å². The van der Waals surface area contributed by atoms with E-state index in [-0.39, 0.29) is 18.2 Å². The molecule has 2 aromatic rings. The van der Waals surface area contributed by atoms with Crippen LogP contribution >= 0.6 is 0 Å². The van der Waals surface area contributed by atoms with Gasteiger partial charge in [-0.05, 0) is 25.0 Å². The van der Waals surface area contributed by atoms with E-state index in [1.54, 1.807) is 0 Å². The van der Waals surface area contributed by atoms with Gasteiger partial charge in [0, 0.05) is 18.5 Å². The summed E-state index contributed by atoms with van der Waals surface area (Å²) in [6.07, 6.45) is 1.93. The van der Waals surface area contributed by atoms with E-state index < -0.39 is 11.9 Å². The molecule has 1 aromatic carbocycles. The Morgan fingerprint density at radius 1 is 1.32 bits per heavy atom. The standard InChI is InChI=1S/C16H16N2O4/c1-18(9-12(19)20)16(21)13-14(10-7-8-10)22-15(17-13)11-5-3-2-4-6-11/h2-6,10H,7-9H2,1H3,(H,19,20). The zero-order chi connectivity index (χ0) is 15.7. The maximum atomic E-state index is 12.4. The number of carboxylic acids is 1. The molecule has 6 nitrogen and oxygen atoms in total. The van der Waals surface area contributed by atoms with E-state index in [2.05, 4.69) is 4.98 Å². The summed E-state index contributed by atoms with van der Waals surface area (Å²) < 4.78 is 5.80. The molecule has 114 valence electrons. The van der Waals surface area contributed by atoms with Crippen molar-refractivity contribution in [3.05, 3.63) is 41.8 Å². The summed E-state index contributed by atoms with van der Waals surface area (Å²) >= 11 is 0. The van der Waals surface area contributed by atoms with Crippen LogP contribution in [0.25, 0.3) is 11.5 Å². The topological polar surface area (TPSA) is 83.6 Å². The van der Waals surface area contributed by atoms with Gasteiger partial charge in [-0.15, -0.1) is 0 Å². The lowest BCUT2D eigenvalue weighted by atomic mass is 10.2. The molecule has 1 saturated carbocycles. The predicted octanol–water partition coefficient (Wildman–Crippen LogP) is 2.38. The van der Waals surface area contributed by atoms with Gasteiger partial charge < -0.3 is 14.4 Å². The quantitative estimate of drug-likeness (QED) is 0.916. The number of hydrogen-bond acceptors (Lipinski definition) is 4. The second kappa shape index (κ2) is 5.63. The van der Waals surface area contributed by atoms with Crippen molar-refractivity contribution in [1.29, 1.82) is 0 Å². The van der Waals surface area contributed by atoms with Crippen molar-refractivity contribution >= 4 is 11.9 Å². The minimum atomic E-state index is -1.06. The molecule has 1 N–H and O–H groups in total. The van der Waals surface area contributed by atoms with Crippen LogP contribution in [0.2, 0.25) is 0 Å². The average Bonchev–Trinajstić information content (AvgIpc) is 3.25. The Bertz CT molecular complexity index is 704. The van der Waals surface area contributed by atoms with Crippen molar-refractivity contribution in [2.45, 2.75) is 18.8 Å². The third-order valence-electron chi connectivity index (χ3n) is 3.54. The molecule has 1 fully saturated rings. The molecule has 22 heavy (non-hydrogen) atoms. The van der Waals surface area contributed by atoms with Crippen LogP contribution < -0.4 is 0 Å². The van der Waals surface area contributed by atoms with Crippen molar-refractivity contribution in [2.24, 2.45) is 0 Å². The van der Waals surface area contributed by atoms with E-state index in [0.29, 0.717) is 11.7 Å². The van der Waals surface area contributed by atoms with E-state index in [1.807, 2.05) is 30.3 Å². The number of benzene rings is 1. The number of carboxylic acid groups (broad SMARTS) is 1. The van der Waals surface area contributed by atoms with Crippen molar-refractivity contribution in [1.82, 2.24) is 9.88 Å². The molecule has 0 radical (unpaired) electrons. The van der Waals surface area contributed by atoms with Crippen LogP contribution in [0.4, 0.5) is 0 Å². The van der Waals surface area contributed by atoms with Gasteiger partial charge in [-0.25, -0.2) is 4.98 Å². The van der Waals surface area contributed by atoms with Crippen molar-refractivity contribution in [3.8, 4) is 11.5 Å². The van der Waals surface area contributed by atoms with Gasteiger partial charge in [0.05, 0.1) is 0 Å². The number of carbonyl (C=O) groups excluding carboxylic acids is 1. The van der Waals surface area contributed by atoms with E-state index in [1.165, 1.54) is 7.05 Å². The second-order valence-corrected chi connectivity index (χ2v) is 5.43. The number of rotatable bonds is 5. The highest BCUT2D eigenvalue weighted by atomic mass is 16.4. The third-order valence-corrected chi connectivity index (χ3v) is 3.54. The summed E-state index contributed by atoms with van der Waals surface area (Å²) in [5.74, 6) is -0.302. The average molecular weight is 300 g/mol. The van der Waals surface area contributed by atoms with Gasteiger partial charge in [-0.3, -0.25) is 9.59 Å². The van der Waals surface area contributed by atoms with Gasteiger partial charge in [0.2, 0.25) is 5.89 Å². The summed E-state index contributed by atoms with van der Waals surface area (Å²) in [5, 5.41) is 8.82. The van der Waals surface area contributed by atoms with Gasteiger partial charge in [0.15, 0.2) is 5.69 Å². The number of amides is 1. The van der Waals surface area contributed by atoms with Gasteiger partial charge in [0.1, 0.15) is 12.3 Å². The Morgan fingerprint density at radius 2 is 2.00 bits per heavy atom. The largest absolute Gasteiger partial charge is 0.480 e. The van der Waals surface area contributed by atoms with Crippen LogP contribution in [0, 0.1) is 0 Å². The summed E-state index contributed by atoms with van der Waals surface area (Å²) in [6.45, 7) is -0.365. The Morgan fingerprint density at radius 3 is 2.59 bits per heavy atom. The first-order valence-corrected chi connectivity index (χ1v) is 7.09. The molecule has 0 saturated heterocycles. The zero-order valence-corrected chi connectivity index (χ0v) is 12.2. The number of nitrogens with zero attached hydrogens (tertiary/aromatic N) is 2. The van der Waals surface area contributed by atoms with Gasteiger partial charge >= 0.3 is 5.97 Å². The fraction of sp³-hybridized carbons (Fsp3) is 0.312. The normalized spacial score (nSPS) is 13.9. The van der Waals surface area contributed by atoms with Crippen LogP contribution in [-0.2, 0) is 4.79 Å². The molecular weight excluding hydrogens is 284 g/mol. The van der Waals surface area contributed by atoms with Gasteiger partial charge in [-0.2, -0.15) is 0 Å². The first kappa shape index (κ1) is 14.3. The molecule has 0 unspecified atom stereocenters. The van der Waals surface area contributed by atoms with Crippen LogP contribution in [-0.4, -0.2) is 40.5 Å². The molecule has 1 heterocycles. The molecule has 0 aliphatic heterocycles. The first-order valence-electron chi connectivity index (χ1n) is 7.09. The summed E-state index contributed by atoms with van der Waals surface area (Å²) in [4.78, 5) is 28.6. The lowest BCUT2D eigenvalue weighted by Gasteiger charge is -2.13. The highest BCUT2D eigenvalue weighted by Crippen LogP contribution is 2.43. The van der Waals surface area contributed by atoms with Crippen LogP contribution in [0.1, 0.15) is 35.0 Å². The maximum absolute atomic E-state index is 12.4. The summed E-state index contributed by atoms with van der Waals surface area (Å²) in [6, 6.07) is 9.35. The van der Waals surface area contributed by atoms with E-state index in [9.17, 15) is 9.59 Å². The first-order chi connectivity index (χ1) is 10.6. The monoisotopic (exact) mass is 300 g/mol. The summed E-state index contributed by atoms with van der Waals surface area (Å²) in [7, 11) is 1.45. The minimum absolute atomic E-state index is 0.210. The number of aromatic nitrogens is 1. The maximum Gasteiger partial charge on any atom is 0.323 e. The Kier molecular flexibility index (Phi) is 3.66. The third kappa shape index (κ3) is 2.86. The molecule has 0 bridgehead atoms. The molecule has 1 amide bonds. The van der Waals surface area contributed by atoms with Crippen LogP contribution in [0.3, 0.4) is 0 Å². The van der Waals surface area contributed by atoms with Gasteiger partial charge in [0.25, 0.3) is 5.91 Å². The molecule has 1 aromatic heterocycles. The smallest absolute Gasteiger partial charge is 0.323 e. The molecule has 6 heteroatoms. The van der Waals surface area contributed by atoms with E-state index in [0.717, 1.165) is 23.3 Å². The number of likely N-dealkylation sites (N-methyl/N-ethyl adjacent to an activating group) is 1. The molecule has 1 aliphatic carbocycles. The number of aliphatic carboxylic acids is 1. The molecule has 0 spiro atoms. The zero-order valence-electron chi connectivity index (χ0n) is 12.2. The fourth-order valence-electron chi connectivity index (χ4n) is 2.27. The van der Waals surface area contributed by atoms with E-state index in [4.69, 9.17) is 9.52 Å². The van der Waals surface area contributed by atoms with Crippen molar-refractivity contribution in [3.63, 3.8) is 0 Å². The van der Waals surface area contributed by atoms with Crippen molar-refractivity contribution in [2.75, 3.05) is 13.6 Å². The van der Waals surface area contributed by atoms with Crippen molar-refractivity contribution < 1.29 is 19.1 Å². The Balaban J connectivity index is 1.94. The SMILES string of the molecule is CN(CC(=O)O)C(=O)c1nc(-c2ccccc2)oc1C1CC1. The van der Waals surface area contributed by atoms with Gasteiger partial charge in [-0.1, -0.05) is 18.2 Å².